The summed E-state index contributed by atoms with van der Waals surface area (Å²) in [6, 6.07) is 13.2. The number of likely N-dealkylation sites (tertiary alicyclic amines) is 1. The second kappa shape index (κ2) is 11.3. The SMILES string of the molecule is Cc1cc(C(=O)N2CCC3(CC2)Cc2cn(nn2)CCCNC(=O)[C@H](Cc2ccccc2)NC3=O)ccc1F. The summed E-state index contributed by atoms with van der Waals surface area (Å²) in [5.74, 6) is -0.992. The Hall–Kier alpha value is -4.08. The Balaban J connectivity index is 1.39. The van der Waals surface area contributed by atoms with Crippen LogP contribution in [0.15, 0.2) is 54.7 Å². The number of benzene rings is 2. The van der Waals surface area contributed by atoms with E-state index in [1.54, 1.807) is 22.6 Å². The van der Waals surface area contributed by atoms with E-state index in [9.17, 15) is 18.8 Å². The van der Waals surface area contributed by atoms with Gasteiger partial charge in [0, 0.05) is 50.8 Å². The fourth-order valence-electron chi connectivity index (χ4n) is 5.40. The molecule has 2 aliphatic rings. The van der Waals surface area contributed by atoms with Gasteiger partial charge >= 0.3 is 0 Å². The lowest BCUT2D eigenvalue weighted by atomic mass is 9.73. The Kier molecular flexibility index (Phi) is 7.72. The van der Waals surface area contributed by atoms with E-state index >= 15 is 0 Å². The van der Waals surface area contributed by atoms with E-state index in [2.05, 4.69) is 20.9 Å². The minimum absolute atomic E-state index is 0.190. The zero-order chi connectivity index (χ0) is 27.4. The van der Waals surface area contributed by atoms with Gasteiger partial charge in [0.25, 0.3) is 5.91 Å². The van der Waals surface area contributed by atoms with E-state index in [1.807, 2.05) is 36.5 Å². The van der Waals surface area contributed by atoms with Gasteiger partial charge in [-0.25, -0.2) is 4.39 Å². The maximum absolute atomic E-state index is 14.0. The smallest absolute Gasteiger partial charge is 0.253 e. The van der Waals surface area contributed by atoms with Crippen LogP contribution in [0.5, 0.6) is 0 Å². The molecule has 1 spiro atoms. The highest BCUT2D eigenvalue weighted by Crippen LogP contribution is 2.36. The average molecular weight is 533 g/mol. The van der Waals surface area contributed by atoms with Crippen molar-refractivity contribution in [2.75, 3.05) is 19.6 Å². The summed E-state index contributed by atoms with van der Waals surface area (Å²) in [5, 5.41) is 14.5. The minimum Gasteiger partial charge on any atom is -0.354 e. The number of hydrogen-bond donors (Lipinski definition) is 2. The van der Waals surface area contributed by atoms with Crippen LogP contribution in [0, 0.1) is 18.2 Å². The third kappa shape index (κ3) is 6.00. The van der Waals surface area contributed by atoms with E-state index in [4.69, 9.17) is 0 Å². The molecule has 3 aromatic rings. The highest BCUT2D eigenvalue weighted by molar-refractivity contribution is 5.95. The van der Waals surface area contributed by atoms with Crippen LogP contribution >= 0.6 is 0 Å². The monoisotopic (exact) mass is 532 g/mol. The lowest BCUT2D eigenvalue weighted by molar-refractivity contribution is -0.137. The molecule has 9 nitrogen and oxygen atoms in total. The summed E-state index contributed by atoms with van der Waals surface area (Å²) in [6.45, 7) is 3.40. The lowest BCUT2D eigenvalue weighted by Crippen LogP contribution is -2.56. The first-order chi connectivity index (χ1) is 18.8. The van der Waals surface area contributed by atoms with Gasteiger partial charge in [-0.05, 0) is 55.5 Å². The largest absolute Gasteiger partial charge is 0.354 e. The van der Waals surface area contributed by atoms with Crippen molar-refractivity contribution in [1.82, 2.24) is 30.5 Å². The van der Waals surface area contributed by atoms with Gasteiger partial charge in [0.1, 0.15) is 11.9 Å². The van der Waals surface area contributed by atoms with Crippen LogP contribution in [-0.4, -0.2) is 63.3 Å². The second-order valence-corrected chi connectivity index (χ2v) is 10.5. The van der Waals surface area contributed by atoms with Gasteiger partial charge in [-0.3, -0.25) is 19.1 Å². The van der Waals surface area contributed by atoms with Gasteiger partial charge in [0.2, 0.25) is 11.8 Å². The predicted octanol–water partition coefficient (Wildman–Crippen LogP) is 2.44. The van der Waals surface area contributed by atoms with E-state index in [0.717, 1.165) is 5.56 Å². The quantitative estimate of drug-likeness (QED) is 0.539. The molecule has 204 valence electrons. The summed E-state index contributed by atoms with van der Waals surface area (Å²) < 4.78 is 15.5. The number of fused-ring (bicyclic) bond motifs is 2. The van der Waals surface area contributed by atoms with E-state index < -0.39 is 11.5 Å². The number of aryl methyl sites for hydroxylation is 2. The van der Waals surface area contributed by atoms with Crippen LogP contribution in [0.25, 0.3) is 0 Å². The Morgan fingerprint density at radius 1 is 1.10 bits per heavy atom. The Labute approximate surface area is 226 Å². The highest BCUT2D eigenvalue weighted by Gasteiger charge is 2.44. The van der Waals surface area contributed by atoms with E-state index in [-0.39, 0.29) is 23.5 Å². The molecule has 5 rings (SSSR count). The number of amides is 3. The van der Waals surface area contributed by atoms with E-state index in [0.29, 0.717) is 75.1 Å². The van der Waals surface area contributed by atoms with Crippen molar-refractivity contribution < 1.29 is 18.8 Å². The second-order valence-electron chi connectivity index (χ2n) is 10.5. The van der Waals surface area contributed by atoms with Crippen LogP contribution in [0.1, 0.15) is 46.4 Å². The van der Waals surface area contributed by atoms with Gasteiger partial charge in [-0.15, -0.1) is 5.10 Å². The summed E-state index contributed by atoms with van der Waals surface area (Å²) in [4.78, 5) is 42.1. The average Bonchev–Trinajstić information content (AvgIpc) is 3.39. The van der Waals surface area contributed by atoms with Crippen LogP contribution in [-0.2, 0) is 29.0 Å². The van der Waals surface area contributed by atoms with Crippen molar-refractivity contribution in [3.05, 3.63) is 82.9 Å². The highest BCUT2D eigenvalue weighted by atomic mass is 19.1. The maximum Gasteiger partial charge on any atom is 0.253 e. The van der Waals surface area contributed by atoms with Crippen LogP contribution < -0.4 is 10.6 Å². The molecule has 0 saturated carbocycles. The third-order valence-corrected chi connectivity index (χ3v) is 7.77. The molecule has 0 aliphatic carbocycles. The standard InChI is InChI=1S/C29H33FN6O3/c1-20-16-22(8-9-24(20)30)27(38)35-14-10-29(11-15-35)18-23-19-36(34-33-23)13-5-12-31-26(37)25(32-28(29)39)17-21-6-3-2-4-7-21/h2-4,6-9,16,19,25H,5,10-15,17-18H2,1H3,(H,31,37)(H,32,39)/t25-/m0/s1. The molecule has 2 N–H and O–H groups in total. The molecule has 1 fully saturated rings. The summed E-state index contributed by atoms with van der Waals surface area (Å²) in [6.07, 6.45) is 4.07. The van der Waals surface area contributed by atoms with Gasteiger partial charge < -0.3 is 15.5 Å². The molecule has 0 radical (unpaired) electrons. The van der Waals surface area contributed by atoms with Crippen molar-refractivity contribution in [2.24, 2.45) is 5.41 Å². The predicted molar refractivity (Wildman–Crippen MR) is 142 cm³/mol. The molecule has 39 heavy (non-hydrogen) atoms. The van der Waals surface area contributed by atoms with Crippen molar-refractivity contribution in [2.45, 2.75) is 51.6 Å². The molecule has 1 atom stereocenters. The molecular weight excluding hydrogens is 499 g/mol. The number of nitrogens with one attached hydrogen (secondary N) is 2. The molecule has 3 heterocycles. The first-order valence-corrected chi connectivity index (χ1v) is 13.4. The molecule has 0 unspecified atom stereocenters. The number of aromatic nitrogens is 3. The zero-order valence-corrected chi connectivity index (χ0v) is 22.0. The first kappa shape index (κ1) is 26.5. The number of carbonyl (C=O) groups excluding carboxylic acids is 3. The topological polar surface area (TPSA) is 109 Å². The van der Waals surface area contributed by atoms with Crippen molar-refractivity contribution in [1.29, 1.82) is 0 Å². The molecule has 1 saturated heterocycles. The molecule has 3 amide bonds. The number of carbonyl (C=O) groups is 3. The van der Waals surface area contributed by atoms with Gasteiger partial charge in [-0.1, -0.05) is 35.5 Å². The summed E-state index contributed by atoms with van der Waals surface area (Å²) in [7, 11) is 0. The van der Waals surface area contributed by atoms with Crippen molar-refractivity contribution in [3.63, 3.8) is 0 Å². The lowest BCUT2D eigenvalue weighted by Gasteiger charge is -2.41. The molecular formula is C29H33FN6O3. The number of piperidine rings is 1. The minimum atomic E-state index is -0.861. The zero-order valence-electron chi connectivity index (χ0n) is 22.0. The molecule has 2 aliphatic heterocycles. The van der Waals surface area contributed by atoms with Crippen LogP contribution in [0.2, 0.25) is 0 Å². The van der Waals surface area contributed by atoms with Crippen LogP contribution in [0.4, 0.5) is 4.39 Å². The van der Waals surface area contributed by atoms with Crippen LogP contribution in [0.3, 0.4) is 0 Å². The van der Waals surface area contributed by atoms with Gasteiger partial charge in [0.15, 0.2) is 0 Å². The number of nitrogens with zero attached hydrogens (tertiary/aromatic N) is 4. The number of hydrogen-bond acceptors (Lipinski definition) is 5. The fourth-order valence-corrected chi connectivity index (χ4v) is 5.40. The Bertz CT molecular complexity index is 1350. The number of halogens is 1. The van der Waals surface area contributed by atoms with E-state index in [1.165, 1.54) is 12.1 Å². The number of rotatable bonds is 3. The third-order valence-electron chi connectivity index (χ3n) is 7.77. The summed E-state index contributed by atoms with van der Waals surface area (Å²) in [5.41, 5.74) is 1.63. The van der Waals surface area contributed by atoms with Gasteiger partial charge in [0.05, 0.1) is 11.1 Å². The van der Waals surface area contributed by atoms with Gasteiger partial charge in [-0.2, -0.15) is 0 Å². The molecule has 2 bridgehead atoms. The molecule has 1 aromatic heterocycles. The van der Waals surface area contributed by atoms with Crippen molar-refractivity contribution >= 4 is 17.7 Å². The Morgan fingerprint density at radius 2 is 1.87 bits per heavy atom. The fraction of sp³-hybridized carbons (Fsp3) is 0.414. The summed E-state index contributed by atoms with van der Waals surface area (Å²) >= 11 is 0. The normalized spacial score (nSPS) is 19.8. The Morgan fingerprint density at radius 3 is 2.62 bits per heavy atom. The van der Waals surface area contributed by atoms with Crippen molar-refractivity contribution in [3.8, 4) is 0 Å². The first-order valence-electron chi connectivity index (χ1n) is 13.4. The molecule has 10 heteroatoms. The molecule has 2 aromatic carbocycles. The maximum atomic E-state index is 14.0.